The molecule has 0 radical (unpaired) electrons. The van der Waals surface area contributed by atoms with Crippen LogP contribution in [0, 0.1) is 12.7 Å². The van der Waals surface area contributed by atoms with Crippen molar-refractivity contribution >= 4 is 29.3 Å². The Morgan fingerprint density at radius 1 is 1.05 bits per heavy atom. The van der Waals surface area contributed by atoms with Crippen molar-refractivity contribution in [1.82, 2.24) is 25.0 Å². The van der Waals surface area contributed by atoms with Gasteiger partial charge in [0.25, 0.3) is 11.8 Å². The normalized spacial score (nSPS) is 25.4. The first-order valence-corrected chi connectivity index (χ1v) is 14.1. The third kappa shape index (κ3) is 4.36. The number of alkyl halides is 1. The molecule has 12 heteroatoms. The number of nitrogens with one attached hydrogen (secondary N) is 2. The minimum atomic E-state index is -1.57. The lowest BCUT2D eigenvalue weighted by Crippen LogP contribution is -2.54. The van der Waals surface area contributed by atoms with Crippen LogP contribution in [0.3, 0.4) is 0 Å². The SMILES string of the molecule is Cc1nc(-c2cn(C3CC(F)(CNc4cccc5c4C(=O)N(C4CCC(=O)NC4=O)C5=O)C3)nc2C2CC2)ccc1F. The van der Waals surface area contributed by atoms with Gasteiger partial charge in [0.15, 0.2) is 0 Å². The van der Waals surface area contributed by atoms with Crippen LogP contribution in [0.15, 0.2) is 36.5 Å². The topological polar surface area (TPSA) is 126 Å². The molecular weight excluding hydrogens is 546 g/mol. The predicted octanol–water partition coefficient (Wildman–Crippen LogP) is 3.83. The summed E-state index contributed by atoms with van der Waals surface area (Å²) in [5.41, 5.74) is 1.70. The molecule has 4 aliphatic rings. The van der Waals surface area contributed by atoms with Gasteiger partial charge < -0.3 is 5.32 Å². The molecular formula is C30H28F2N6O4. The van der Waals surface area contributed by atoms with E-state index in [0.717, 1.165) is 29.0 Å². The molecule has 7 rings (SSSR count). The highest BCUT2D eigenvalue weighted by molar-refractivity contribution is 6.25. The monoisotopic (exact) mass is 574 g/mol. The van der Waals surface area contributed by atoms with Gasteiger partial charge in [0.05, 0.1) is 34.3 Å². The van der Waals surface area contributed by atoms with Gasteiger partial charge in [0, 0.05) is 49.2 Å². The van der Waals surface area contributed by atoms with Gasteiger partial charge in [-0.25, -0.2) is 13.8 Å². The number of piperidine rings is 1. The second kappa shape index (κ2) is 9.53. The number of pyridine rings is 1. The molecule has 0 spiro atoms. The number of hydrogen-bond acceptors (Lipinski definition) is 7. The van der Waals surface area contributed by atoms with Crippen molar-refractivity contribution in [1.29, 1.82) is 0 Å². The second-order valence-corrected chi connectivity index (χ2v) is 11.7. The average molecular weight is 575 g/mol. The zero-order valence-corrected chi connectivity index (χ0v) is 22.8. The summed E-state index contributed by atoms with van der Waals surface area (Å²) in [6, 6.07) is 6.51. The number of imide groups is 2. The number of amides is 4. The van der Waals surface area contributed by atoms with Crippen molar-refractivity contribution in [2.24, 2.45) is 0 Å². The summed E-state index contributed by atoms with van der Waals surface area (Å²) in [5.74, 6) is -2.43. The van der Waals surface area contributed by atoms with E-state index >= 15 is 4.39 Å². The van der Waals surface area contributed by atoms with Crippen molar-refractivity contribution in [2.45, 2.75) is 69.1 Å². The fraction of sp³-hybridized carbons (Fsp3) is 0.400. The van der Waals surface area contributed by atoms with Crippen LogP contribution in [0.5, 0.6) is 0 Å². The van der Waals surface area contributed by atoms with Crippen molar-refractivity contribution in [3.63, 3.8) is 0 Å². The molecule has 1 unspecified atom stereocenters. The molecule has 3 aromatic rings. The summed E-state index contributed by atoms with van der Waals surface area (Å²) in [6.07, 6.45) is 4.41. The van der Waals surface area contributed by atoms with Crippen LogP contribution >= 0.6 is 0 Å². The van der Waals surface area contributed by atoms with E-state index in [1.165, 1.54) is 12.1 Å². The van der Waals surface area contributed by atoms with E-state index in [2.05, 4.69) is 15.6 Å². The van der Waals surface area contributed by atoms with E-state index < -0.39 is 35.3 Å². The van der Waals surface area contributed by atoms with Gasteiger partial charge in [0.1, 0.15) is 17.5 Å². The largest absolute Gasteiger partial charge is 0.381 e. The Morgan fingerprint density at radius 3 is 2.55 bits per heavy atom. The first-order chi connectivity index (χ1) is 20.1. The molecule has 2 N–H and O–H groups in total. The predicted molar refractivity (Wildman–Crippen MR) is 146 cm³/mol. The lowest BCUT2D eigenvalue weighted by atomic mass is 9.77. The highest BCUT2D eigenvalue weighted by Crippen LogP contribution is 2.48. The molecule has 1 aromatic carbocycles. The number of benzene rings is 1. The van der Waals surface area contributed by atoms with Gasteiger partial charge in [-0.2, -0.15) is 5.10 Å². The molecule has 2 aromatic heterocycles. The van der Waals surface area contributed by atoms with Gasteiger partial charge in [-0.05, 0) is 50.5 Å². The summed E-state index contributed by atoms with van der Waals surface area (Å²) < 4.78 is 31.4. The highest BCUT2D eigenvalue weighted by atomic mass is 19.1. The minimum Gasteiger partial charge on any atom is -0.381 e. The maximum atomic E-state index is 15.8. The number of anilines is 1. The van der Waals surface area contributed by atoms with Gasteiger partial charge in [-0.3, -0.25) is 34.1 Å². The number of carbonyl (C=O) groups is 4. The van der Waals surface area contributed by atoms with Gasteiger partial charge >= 0.3 is 0 Å². The number of nitrogens with zero attached hydrogens (tertiary/aromatic N) is 4. The molecule has 2 saturated carbocycles. The van der Waals surface area contributed by atoms with Crippen LogP contribution < -0.4 is 10.6 Å². The molecule has 0 bridgehead atoms. The summed E-state index contributed by atoms with van der Waals surface area (Å²) in [7, 11) is 0. The summed E-state index contributed by atoms with van der Waals surface area (Å²) in [6.45, 7) is 1.54. The molecule has 4 heterocycles. The summed E-state index contributed by atoms with van der Waals surface area (Å²) in [4.78, 5) is 55.6. The van der Waals surface area contributed by atoms with Crippen molar-refractivity contribution < 1.29 is 28.0 Å². The first-order valence-electron chi connectivity index (χ1n) is 14.1. The maximum absolute atomic E-state index is 15.8. The lowest BCUT2D eigenvalue weighted by Gasteiger charge is -2.41. The Labute approximate surface area is 239 Å². The smallest absolute Gasteiger partial charge is 0.264 e. The molecule has 3 fully saturated rings. The minimum absolute atomic E-state index is 0.0282. The van der Waals surface area contributed by atoms with E-state index in [0.29, 0.717) is 23.0 Å². The molecule has 2 aliphatic carbocycles. The Kier molecular flexibility index (Phi) is 6.00. The summed E-state index contributed by atoms with van der Waals surface area (Å²) >= 11 is 0. The van der Waals surface area contributed by atoms with E-state index in [4.69, 9.17) is 5.10 Å². The Balaban J connectivity index is 1.05. The number of aromatic nitrogens is 3. The van der Waals surface area contributed by atoms with Gasteiger partial charge in [-0.1, -0.05) is 6.07 Å². The van der Waals surface area contributed by atoms with Crippen LogP contribution in [-0.4, -0.2) is 61.5 Å². The van der Waals surface area contributed by atoms with Gasteiger partial charge in [0.2, 0.25) is 11.8 Å². The number of aryl methyl sites for hydroxylation is 1. The Hall–Kier alpha value is -4.48. The van der Waals surface area contributed by atoms with Crippen LogP contribution in [0.1, 0.15) is 82.6 Å². The van der Waals surface area contributed by atoms with Crippen molar-refractivity contribution in [3.05, 3.63) is 64.9 Å². The molecule has 4 amide bonds. The number of carbonyl (C=O) groups excluding carboxylic acids is 4. The number of fused-ring (bicyclic) bond motifs is 1. The Morgan fingerprint density at radius 2 is 1.83 bits per heavy atom. The standard InChI is InChI=1S/C30H28F2N6O4/c1-15-20(31)7-8-21(34-15)19-13-37(36-26(19)16-5-6-16)17-11-30(32,12-17)14-33-22-4-2-3-18-25(22)29(42)38(28(18)41)23-9-10-24(39)35-27(23)40/h2-4,7-8,13,16-17,23,33H,5-6,9-12,14H2,1H3,(H,35,39,40). The van der Waals surface area contributed by atoms with Crippen LogP contribution in [0.2, 0.25) is 0 Å². The molecule has 216 valence electrons. The zero-order valence-electron chi connectivity index (χ0n) is 22.8. The fourth-order valence-electron chi connectivity index (χ4n) is 6.17. The van der Waals surface area contributed by atoms with E-state index in [-0.39, 0.29) is 55.2 Å². The zero-order chi connectivity index (χ0) is 29.3. The molecule has 1 atom stereocenters. The van der Waals surface area contributed by atoms with Crippen LogP contribution in [0.25, 0.3) is 11.3 Å². The quantitative estimate of drug-likeness (QED) is 0.411. The van der Waals surface area contributed by atoms with Crippen molar-refractivity contribution in [2.75, 3.05) is 11.9 Å². The third-order valence-corrected chi connectivity index (χ3v) is 8.66. The van der Waals surface area contributed by atoms with Crippen molar-refractivity contribution in [3.8, 4) is 11.3 Å². The number of rotatable bonds is 7. The van der Waals surface area contributed by atoms with Crippen LogP contribution in [0.4, 0.5) is 14.5 Å². The second-order valence-electron chi connectivity index (χ2n) is 11.7. The van der Waals surface area contributed by atoms with E-state index in [1.807, 2.05) is 6.20 Å². The molecule has 1 saturated heterocycles. The Bertz CT molecular complexity index is 1680. The maximum Gasteiger partial charge on any atom is 0.264 e. The van der Waals surface area contributed by atoms with Gasteiger partial charge in [-0.15, -0.1) is 0 Å². The molecule has 2 aliphatic heterocycles. The number of hydrogen-bond donors (Lipinski definition) is 2. The fourth-order valence-corrected chi connectivity index (χ4v) is 6.17. The average Bonchev–Trinajstić information content (AvgIpc) is 3.65. The van der Waals surface area contributed by atoms with E-state index in [1.54, 1.807) is 29.8 Å². The summed E-state index contributed by atoms with van der Waals surface area (Å²) in [5, 5.41) is 10.00. The number of halogens is 2. The lowest BCUT2D eigenvalue weighted by molar-refractivity contribution is -0.136. The molecule has 42 heavy (non-hydrogen) atoms. The van der Waals surface area contributed by atoms with Crippen LogP contribution in [-0.2, 0) is 9.59 Å². The first kappa shape index (κ1) is 26.4. The highest BCUT2D eigenvalue weighted by Gasteiger charge is 2.48. The van der Waals surface area contributed by atoms with E-state index in [9.17, 15) is 23.6 Å². The third-order valence-electron chi connectivity index (χ3n) is 8.66. The molecule has 10 nitrogen and oxygen atoms in total.